The Morgan fingerprint density at radius 1 is 1.00 bits per heavy atom. The van der Waals surface area contributed by atoms with Crippen LogP contribution in [0.2, 0.25) is 5.04 Å². The molecule has 4 heteroatoms. The Bertz CT molecular complexity index is 776. The Morgan fingerprint density at radius 2 is 1.54 bits per heavy atom. The van der Waals surface area contributed by atoms with Gasteiger partial charge in [-0.15, -0.1) is 5.54 Å². The first kappa shape index (κ1) is 18.3. The molecule has 134 valence electrons. The first-order chi connectivity index (χ1) is 12.4. The molecule has 1 heterocycles. The number of hydrogen-bond acceptors (Lipinski definition) is 2. The summed E-state index contributed by atoms with van der Waals surface area (Å²) in [7, 11) is -2.41. The summed E-state index contributed by atoms with van der Waals surface area (Å²) in [6.45, 7) is 7.25. The number of amides is 1. The molecule has 1 aliphatic heterocycles. The van der Waals surface area contributed by atoms with Crippen LogP contribution in [0.1, 0.15) is 27.2 Å². The van der Waals surface area contributed by atoms with Crippen LogP contribution in [-0.4, -0.2) is 26.8 Å². The molecule has 0 radical (unpaired) electrons. The molecule has 1 amide bonds. The molecule has 0 aromatic heterocycles. The second-order valence-corrected chi connectivity index (χ2v) is 12.0. The molecular formula is C22H25NO2Si. The fraction of sp³-hybridized carbons (Fsp3) is 0.318. The van der Waals surface area contributed by atoms with Crippen molar-refractivity contribution < 1.29 is 9.53 Å². The number of carbonyl (C=O) groups excluding carboxylic acids is 1. The highest BCUT2D eigenvalue weighted by atomic mass is 28.3. The third-order valence-electron chi connectivity index (χ3n) is 4.90. The van der Waals surface area contributed by atoms with Crippen molar-refractivity contribution in [2.75, 3.05) is 6.61 Å². The number of nitrogens with one attached hydrogen (secondary N) is 1. The van der Waals surface area contributed by atoms with Gasteiger partial charge in [-0.05, 0) is 15.4 Å². The minimum atomic E-state index is -2.41. The van der Waals surface area contributed by atoms with Crippen LogP contribution in [0.25, 0.3) is 0 Å². The van der Waals surface area contributed by atoms with Gasteiger partial charge in [0.2, 0.25) is 8.07 Å². The van der Waals surface area contributed by atoms with Crippen LogP contribution in [0, 0.1) is 11.5 Å². The zero-order valence-electron chi connectivity index (χ0n) is 15.6. The highest BCUT2D eigenvalue weighted by molar-refractivity contribution is 7.10. The van der Waals surface area contributed by atoms with Crippen LogP contribution < -0.4 is 15.7 Å². The van der Waals surface area contributed by atoms with Crippen LogP contribution in [0.4, 0.5) is 4.79 Å². The SMILES string of the molecule is CC(C)(C)[Si](C#C[C@H]1CCOC(=O)N1)(c1ccccc1)c1ccccc1. The molecule has 1 N–H and O–H groups in total. The van der Waals surface area contributed by atoms with Gasteiger partial charge in [0.15, 0.2) is 0 Å². The zero-order valence-corrected chi connectivity index (χ0v) is 16.6. The molecule has 1 atom stereocenters. The number of ether oxygens (including phenoxy) is 1. The van der Waals surface area contributed by atoms with E-state index in [1.807, 2.05) is 12.1 Å². The van der Waals surface area contributed by atoms with E-state index >= 15 is 0 Å². The fourth-order valence-electron chi connectivity index (χ4n) is 3.57. The van der Waals surface area contributed by atoms with Crippen molar-refractivity contribution in [1.29, 1.82) is 0 Å². The van der Waals surface area contributed by atoms with Gasteiger partial charge >= 0.3 is 6.09 Å². The van der Waals surface area contributed by atoms with E-state index < -0.39 is 8.07 Å². The Hall–Kier alpha value is -2.51. The molecule has 26 heavy (non-hydrogen) atoms. The van der Waals surface area contributed by atoms with Crippen LogP contribution in [0.15, 0.2) is 60.7 Å². The molecule has 3 rings (SSSR count). The summed E-state index contributed by atoms with van der Waals surface area (Å²) in [6.07, 6.45) is 0.342. The van der Waals surface area contributed by atoms with Gasteiger partial charge in [-0.3, -0.25) is 0 Å². The van der Waals surface area contributed by atoms with Crippen molar-refractivity contribution >= 4 is 24.5 Å². The quantitative estimate of drug-likeness (QED) is 0.658. The van der Waals surface area contributed by atoms with Crippen molar-refractivity contribution in [3.05, 3.63) is 60.7 Å². The zero-order chi connectivity index (χ0) is 18.6. The van der Waals surface area contributed by atoms with E-state index in [1.54, 1.807) is 0 Å². The summed E-state index contributed by atoms with van der Waals surface area (Å²) in [5.41, 5.74) is 3.71. The third-order valence-corrected chi connectivity index (χ3v) is 10.1. The first-order valence-electron chi connectivity index (χ1n) is 9.00. The summed E-state index contributed by atoms with van der Waals surface area (Å²) in [6, 6.07) is 21.1. The molecule has 1 aliphatic rings. The van der Waals surface area contributed by atoms with Gasteiger partial charge in [-0.1, -0.05) is 87.4 Å². The van der Waals surface area contributed by atoms with E-state index in [1.165, 1.54) is 10.4 Å². The predicted molar refractivity (Wildman–Crippen MR) is 108 cm³/mol. The fourth-order valence-corrected chi connectivity index (χ4v) is 8.07. The highest BCUT2D eigenvalue weighted by Crippen LogP contribution is 2.35. The van der Waals surface area contributed by atoms with Crippen molar-refractivity contribution in [3.8, 4) is 11.5 Å². The summed E-state index contributed by atoms with van der Waals surface area (Å²) in [4.78, 5) is 11.5. The summed E-state index contributed by atoms with van der Waals surface area (Å²) in [5.74, 6) is 3.40. The molecule has 0 bridgehead atoms. The average Bonchev–Trinajstić information content (AvgIpc) is 2.63. The molecule has 2 aromatic rings. The van der Waals surface area contributed by atoms with E-state index in [0.29, 0.717) is 6.61 Å². The summed E-state index contributed by atoms with van der Waals surface area (Å²) in [5, 5.41) is 5.41. The Balaban J connectivity index is 2.17. The van der Waals surface area contributed by atoms with E-state index in [0.717, 1.165) is 6.42 Å². The third kappa shape index (κ3) is 3.54. The molecular weight excluding hydrogens is 338 g/mol. The standard InChI is InChI=1S/C22H25NO2Si/c1-22(2,3)26(19-10-6-4-7-11-19,20-12-8-5-9-13-20)17-15-18-14-16-25-21(24)23-18/h4-13,18H,14,16H2,1-3H3,(H,23,24)/t18-/m1/s1. The average molecular weight is 364 g/mol. The maximum Gasteiger partial charge on any atom is 0.408 e. The molecule has 0 unspecified atom stereocenters. The monoisotopic (exact) mass is 363 g/mol. The van der Waals surface area contributed by atoms with Gasteiger partial charge in [-0.2, -0.15) is 0 Å². The maximum atomic E-state index is 11.5. The molecule has 3 nitrogen and oxygen atoms in total. The number of benzene rings is 2. The number of hydrogen-bond donors (Lipinski definition) is 1. The number of alkyl carbamates (subject to hydrolysis) is 1. The lowest BCUT2D eigenvalue weighted by Gasteiger charge is -2.39. The second kappa shape index (κ2) is 7.39. The Labute approximate surface area is 156 Å². The second-order valence-electron chi connectivity index (χ2n) is 7.62. The number of rotatable bonds is 2. The van der Waals surface area contributed by atoms with Gasteiger partial charge in [0.1, 0.15) is 0 Å². The van der Waals surface area contributed by atoms with E-state index in [4.69, 9.17) is 4.74 Å². The van der Waals surface area contributed by atoms with Crippen LogP contribution in [-0.2, 0) is 4.74 Å². The van der Waals surface area contributed by atoms with Crippen molar-refractivity contribution in [2.24, 2.45) is 0 Å². The van der Waals surface area contributed by atoms with Crippen molar-refractivity contribution in [2.45, 2.75) is 38.3 Å². The normalized spacial score (nSPS) is 17.5. The highest BCUT2D eigenvalue weighted by Gasteiger charge is 2.47. The van der Waals surface area contributed by atoms with Crippen LogP contribution in [0.5, 0.6) is 0 Å². The lowest BCUT2D eigenvalue weighted by atomic mass is 10.2. The van der Waals surface area contributed by atoms with E-state index in [2.05, 4.69) is 86.1 Å². The largest absolute Gasteiger partial charge is 0.449 e. The predicted octanol–water partition coefficient (Wildman–Crippen LogP) is 3.09. The Morgan fingerprint density at radius 3 is 2.00 bits per heavy atom. The van der Waals surface area contributed by atoms with Gasteiger partial charge in [0.25, 0.3) is 0 Å². The first-order valence-corrected chi connectivity index (χ1v) is 11.0. The number of carbonyl (C=O) groups is 1. The minimum Gasteiger partial charge on any atom is -0.449 e. The smallest absolute Gasteiger partial charge is 0.408 e. The lowest BCUT2D eigenvalue weighted by molar-refractivity contribution is 0.122. The maximum absolute atomic E-state index is 11.5. The summed E-state index contributed by atoms with van der Waals surface area (Å²) < 4.78 is 4.97. The molecule has 0 saturated carbocycles. The van der Waals surface area contributed by atoms with Gasteiger partial charge in [-0.25, -0.2) is 4.79 Å². The summed E-state index contributed by atoms with van der Waals surface area (Å²) >= 11 is 0. The van der Waals surface area contributed by atoms with E-state index in [9.17, 15) is 4.79 Å². The Kier molecular flexibility index (Phi) is 5.20. The lowest BCUT2D eigenvalue weighted by Crippen LogP contribution is -2.63. The van der Waals surface area contributed by atoms with Gasteiger partial charge in [0.05, 0.1) is 12.6 Å². The van der Waals surface area contributed by atoms with Gasteiger partial charge < -0.3 is 10.1 Å². The van der Waals surface area contributed by atoms with Gasteiger partial charge in [0, 0.05) is 6.42 Å². The number of cyclic esters (lactones) is 1. The van der Waals surface area contributed by atoms with E-state index in [-0.39, 0.29) is 17.2 Å². The molecule has 1 saturated heterocycles. The molecule has 2 aromatic carbocycles. The molecule has 1 fully saturated rings. The van der Waals surface area contributed by atoms with Crippen LogP contribution in [0.3, 0.4) is 0 Å². The van der Waals surface area contributed by atoms with Crippen molar-refractivity contribution in [3.63, 3.8) is 0 Å². The minimum absolute atomic E-state index is 0.0160. The van der Waals surface area contributed by atoms with Crippen molar-refractivity contribution in [1.82, 2.24) is 5.32 Å². The van der Waals surface area contributed by atoms with Crippen LogP contribution >= 0.6 is 0 Å². The molecule has 0 spiro atoms. The molecule has 0 aliphatic carbocycles. The topological polar surface area (TPSA) is 38.3 Å².